The summed E-state index contributed by atoms with van der Waals surface area (Å²) < 4.78 is 5.65. The highest BCUT2D eigenvalue weighted by Crippen LogP contribution is 2.28. The lowest BCUT2D eigenvalue weighted by molar-refractivity contribution is -0.119. The normalized spacial score (nSPS) is 10.8. The summed E-state index contributed by atoms with van der Waals surface area (Å²) in [6.07, 6.45) is 1.71. The van der Waals surface area contributed by atoms with Crippen LogP contribution in [-0.2, 0) is 11.4 Å². The third kappa shape index (κ3) is 7.48. The first kappa shape index (κ1) is 23.5. The zero-order valence-corrected chi connectivity index (χ0v) is 16.4. The summed E-state index contributed by atoms with van der Waals surface area (Å²) in [5.41, 5.74) is 1.47. The summed E-state index contributed by atoms with van der Waals surface area (Å²) in [7, 11) is 1.81. The van der Waals surface area contributed by atoms with Crippen molar-refractivity contribution in [1.29, 1.82) is 0 Å². The second kappa shape index (κ2) is 11.9. The number of nitrogens with zero attached hydrogens (tertiary/aromatic N) is 1. The van der Waals surface area contributed by atoms with E-state index >= 15 is 0 Å². The van der Waals surface area contributed by atoms with Crippen LogP contribution in [0.3, 0.4) is 0 Å². The molecule has 25 heavy (non-hydrogen) atoms. The van der Waals surface area contributed by atoms with Crippen LogP contribution in [0, 0.1) is 5.92 Å². The maximum atomic E-state index is 12.0. The molecule has 2 rings (SSSR count). The van der Waals surface area contributed by atoms with E-state index in [1.807, 2.05) is 32.2 Å². The molecular weight excluding hydrogens is 385 g/mol. The fourth-order valence-corrected chi connectivity index (χ4v) is 2.23. The van der Waals surface area contributed by atoms with Crippen LogP contribution in [0.1, 0.15) is 12.6 Å². The van der Waals surface area contributed by atoms with E-state index < -0.39 is 0 Å². The fraction of sp³-hybridized carbons (Fsp3) is 0.294. The molecule has 8 heteroatoms. The molecule has 1 amide bonds. The van der Waals surface area contributed by atoms with Gasteiger partial charge in [0.2, 0.25) is 5.91 Å². The van der Waals surface area contributed by atoms with Crippen molar-refractivity contribution in [2.75, 3.05) is 18.9 Å². The third-order valence-electron chi connectivity index (χ3n) is 3.26. The van der Waals surface area contributed by atoms with Crippen LogP contribution in [0.2, 0.25) is 5.02 Å². The highest BCUT2D eigenvalue weighted by molar-refractivity contribution is 6.32. The standard InChI is InChI=1S/C17H20ClN3O2.2ClH/c1-12(10-19-2)17(22)21-13-6-7-16(15(18)9-13)23-11-14-5-3-4-8-20-14;;/h3-9,12,19H,10-11H2,1-2H3,(H,21,22);2*1H. The predicted molar refractivity (Wildman–Crippen MR) is 106 cm³/mol. The largest absolute Gasteiger partial charge is 0.486 e. The van der Waals surface area contributed by atoms with Gasteiger partial charge in [0.05, 0.1) is 10.7 Å². The molecule has 1 aromatic carbocycles. The van der Waals surface area contributed by atoms with E-state index in [1.54, 1.807) is 24.4 Å². The van der Waals surface area contributed by atoms with E-state index in [0.717, 1.165) is 5.69 Å². The Hall–Kier alpha value is -1.53. The van der Waals surface area contributed by atoms with Crippen molar-refractivity contribution < 1.29 is 9.53 Å². The van der Waals surface area contributed by atoms with Crippen LogP contribution in [0.5, 0.6) is 5.75 Å². The number of carbonyl (C=O) groups excluding carboxylic acids is 1. The highest BCUT2D eigenvalue weighted by Gasteiger charge is 2.13. The lowest BCUT2D eigenvalue weighted by Crippen LogP contribution is -2.28. The second-order valence-electron chi connectivity index (χ2n) is 5.20. The Morgan fingerprint density at radius 1 is 1.28 bits per heavy atom. The van der Waals surface area contributed by atoms with Crippen molar-refractivity contribution in [1.82, 2.24) is 10.3 Å². The van der Waals surface area contributed by atoms with E-state index in [2.05, 4.69) is 15.6 Å². The van der Waals surface area contributed by atoms with E-state index in [9.17, 15) is 4.79 Å². The average molecular weight is 407 g/mol. The molecule has 1 atom stereocenters. The van der Waals surface area contributed by atoms with Crippen molar-refractivity contribution in [2.45, 2.75) is 13.5 Å². The zero-order valence-electron chi connectivity index (χ0n) is 14.0. The molecule has 1 unspecified atom stereocenters. The number of amides is 1. The number of anilines is 1. The topological polar surface area (TPSA) is 63.2 Å². The quantitative estimate of drug-likeness (QED) is 0.731. The molecule has 5 nitrogen and oxygen atoms in total. The molecule has 1 aromatic heterocycles. The number of hydrogen-bond acceptors (Lipinski definition) is 4. The minimum absolute atomic E-state index is 0. The summed E-state index contributed by atoms with van der Waals surface area (Å²) in [5, 5.41) is 6.26. The molecule has 0 aliphatic rings. The van der Waals surface area contributed by atoms with Crippen LogP contribution in [0.25, 0.3) is 0 Å². The monoisotopic (exact) mass is 405 g/mol. The van der Waals surface area contributed by atoms with Crippen LogP contribution in [0.4, 0.5) is 5.69 Å². The number of rotatable bonds is 7. The van der Waals surface area contributed by atoms with Gasteiger partial charge in [0.25, 0.3) is 0 Å². The van der Waals surface area contributed by atoms with Gasteiger partial charge < -0.3 is 15.4 Å². The minimum atomic E-state index is -0.126. The molecule has 0 saturated carbocycles. The number of carbonyl (C=O) groups is 1. The van der Waals surface area contributed by atoms with Gasteiger partial charge >= 0.3 is 0 Å². The maximum absolute atomic E-state index is 12.0. The Balaban J connectivity index is 0.00000288. The summed E-state index contributed by atoms with van der Waals surface area (Å²) in [6.45, 7) is 2.81. The molecule has 2 aromatic rings. The predicted octanol–water partition coefficient (Wildman–Crippen LogP) is 3.95. The molecule has 0 saturated heterocycles. The summed E-state index contributed by atoms with van der Waals surface area (Å²) in [6, 6.07) is 10.8. The molecule has 0 aliphatic carbocycles. The molecule has 0 aliphatic heterocycles. The number of benzene rings is 1. The van der Waals surface area contributed by atoms with Crippen LogP contribution < -0.4 is 15.4 Å². The van der Waals surface area contributed by atoms with Crippen molar-refractivity contribution in [3.63, 3.8) is 0 Å². The first-order chi connectivity index (χ1) is 11.1. The van der Waals surface area contributed by atoms with E-state index in [1.165, 1.54) is 0 Å². The second-order valence-corrected chi connectivity index (χ2v) is 5.61. The molecule has 0 bridgehead atoms. The molecule has 0 fully saturated rings. The summed E-state index contributed by atoms with van der Waals surface area (Å²) >= 11 is 6.21. The molecule has 0 radical (unpaired) electrons. The van der Waals surface area contributed by atoms with Crippen molar-refractivity contribution in [3.05, 3.63) is 53.3 Å². The summed E-state index contributed by atoms with van der Waals surface area (Å²) in [4.78, 5) is 16.2. The Bertz CT molecular complexity index is 657. The molecular formula is C17H22Cl3N3O2. The van der Waals surface area contributed by atoms with Gasteiger partial charge in [-0.25, -0.2) is 0 Å². The van der Waals surface area contributed by atoms with Gasteiger partial charge in [-0.3, -0.25) is 9.78 Å². The number of ether oxygens (including phenoxy) is 1. The molecule has 1 heterocycles. The summed E-state index contributed by atoms with van der Waals surface area (Å²) in [5.74, 6) is 0.370. The number of aromatic nitrogens is 1. The van der Waals surface area contributed by atoms with Gasteiger partial charge in [0.1, 0.15) is 12.4 Å². The smallest absolute Gasteiger partial charge is 0.228 e. The van der Waals surface area contributed by atoms with E-state index in [4.69, 9.17) is 16.3 Å². The van der Waals surface area contributed by atoms with Crippen molar-refractivity contribution in [3.8, 4) is 5.75 Å². The van der Waals surface area contributed by atoms with Crippen LogP contribution in [-0.4, -0.2) is 24.5 Å². The first-order valence-electron chi connectivity index (χ1n) is 7.38. The van der Waals surface area contributed by atoms with Gasteiger partial charge in [0.15, 0.2) is 0 Å². The lowest BCUT2D eigenvalue weighted by atomic mass is 10.1. The number of halogens is 3. The molecule has 0 spiro atoms. The Kier molecular flexibility index (Phi) is 11.2. The van der Waals surface area contributed by atoms with E-state index in [-0.39, 0.29) is 36.6 Å². The number of nitrogens with one attached hydrogen (secondary N) is 2. The van der Waals surface area contributed by atoms with Crippen LogP contribution in [0.15, 0.2) is 42.6 Å². The van der Waals surface area contributed by atoms with E-state index in [0.29, 0.717) is 29.6 Å². The van der Waals surface area contributed by atoms with Crippen molar-refractivity contribution >= 4 is 48.0 Å². The fourth-order valence-electron chi connectivity index (χ4n) is 2.00. The first-order valence-corrected chi connectivity index (χ1v) is 7.75. The maximum Gasteiger partial charge on any atom is 0.228 e. The Labute approximate surface area is 165 Å². The third-order valence-corrected chi connectivity index (χ3v) is 3.55. The van der Waals surface area contributed by atoms with Gasteiger partial charge in [0, 0.05) is 24.3 Å². The van der Waals surface area contributed by atoms with Gasteiger partial charge in [-0.05, 0) is 37.4 Å². The highest BCUT2D eigenvalue weighted by atomic mass is 35.5. The SMILES string of the molecule is CNCC(C)C(=O)Nc1ccc(OCc2ccccn2)c(Cl)c1.Cl.Cl. The lowest BCUT2D eigenvalue weighted by Gasteiger charge is -2.13. The number of hydrogen-bond donors (Lipinski definition) is 2. The van der Waals surface area contributed by atoms with Crippen LogP contribution >= 0.6 is 36.4 Å². The van der Waals surface area contributed by atoms with Crippen molar-refractivity contribution in [2.24, 2.45) is 5.92 Å². The Morgan fingerprint density at radius 3 is 2.64 bits per heavy atom. The average Bonchev–Trinajstić information content (AvgIpc) is 2.55. The molecule has 138 valence electrons. The van der Waals surface area contributed by atoms with Gasteiger partial charge in [-0.15, -0.1) is 24.8 Å². The Morgan fingerprint density at radius 2 is 2.04 bits per heavy atom. The minimum Gasteiger partial charge on any atom is -0.486 e. The molecule has 2 N–H and O–H groups in total. The number of pyridine rings is 1. The van der Waals surface area contributed by atoms with Gasteiger partial charge in [-0.2, -0.15) is 0 Å². The zero-order chi connectivity index (χ0) is 16.7. The van der Waals surface area contributed by atoms with Gasteiger partial charge in [-0.1, -0.05) is 24.6 Å².